The van der Waals surface area contributed by atoms with Gasteiger partial charge in [-0.3, -0.25) is 4.79 Å². The molecule has 2 aliphatic heterocycles. The summed E-state index contributed by atoms with van der Waals surface area (Å²) in [5.41, 5.74) is 3.57. The highest BCUT2D eigenvalue weighted by molar-refractivity contribution is 7.15. The van der Waals surface area contributed by atoms with Crippen molar-refractivity contribution in [3.63, 3.8) is 0 Å². The Kier molecular flexibility index (Phi) is 3.86. The lowest BCUT2D eigenvalue weighted by atomic mass is 9.97. The van der Waals surface area contributed by atoms with Crippen molar-refractivity contribution >= 4 is 16.5 Å². The third-order valence-electron chi connectivity index (χ3n) is 5.42. The number of aromatic nitrogens is 3. The van der Waals surface area contributed by atoms with Crippen LogP contribution in [-0.2, 0) is 37.2 Å². The molecule has 0 aromatic carbocycles. The van der Waals surface area contributed by atoms with E-state index in [4.69, 9.17) is 9.72 Å². The highest BCUT2D eigenvalue weighted by Crippen LogP contribution is 2.33. The third kappa shape index (κ3) is 2.89. The summed E-state index contributed by atoms with van der Waals surface area (Å²) in [7, 11) is 0. The molecule has 3 aliphatic rings. The SMILES string of the molecule is O=c1cc2c(nn1CC1CN(c3nc4c(s3)COCC4)C1)CCCC2. The van der Waals surface area contributed by atoms with Crippen LogP contribution in [0.15, 0.2) is 10.9 Å². The van der Waals surface area contributed by atoms with Crippen LogP contribution in [0.2, 0.25) is 0 Å². The summed E-state index contributed by atoms with van der Waals surface area (Å²) in [5.74, 6) is 0.476. The number of nitrogens with zero attached hydrogens (tertiary/aromatic N) is 4. The summed E-state index contributed by atoms with van der Waals surface area (Å²) in [6, 6.07) is 1.81. The molecule has 132 valence electrons. The number of aryl methyl sites for hydroxylation is 2. The van der Waals surface area contributed by atoms with E-state index in [-0.39, 0.29) is 5.56 Å². The van der Waals surface area contributed by atoms with E-state index in [1.807, 2.05) is 6.07 Å². The Labute approximate surface area is 150 Å². The zero-order valence-corrected chi connectivity index (χ0v) is 15.1. The van der Waals surface area contributed by atoms with Crippen LogP contribution in [0, 0.1) is 5.92 Å². The number of ether oxygens (including phenoxy) is 1. The topological polar surface area (TPSA) is 60.2 Å². The quantitative estimate of drug-likeness (QED) is 0.837. The zero-order chi connectivity index (χ0) is 16.8. The van der Waals surface area contributed by atoms with E-state index in [2.05, 4.69) is 10.00 Å². The van der Waals surface area contributed by atoms with Gasteiger partial charge in [-0.05, 0) is 31.2 Å². The molecule has 2 aromatic heterocycles. The summed E-state index contributed by atoms with van der Waals surface area (Å²) in [5, 5.41) is 5.75. The van der Waals surface area contributed by atoms with Crippen LogP contribution in [0.4, 0.5) is 5.13 Å². The Morgan fingerprint density at radius 3 is 2.96 bits per heavy atom. The lowest BCUT2D eigenvalue weighted by Gasteiger charge is -2.39. The first-order valence-electron chi connectivity index (χ1n) is 9.17. The van der Waals surface area contributed by atoms with E-state index in [0.29, 0.717) is 12.5 Å². The van der Waals surface area contributed by atoms with Crippen LogP contribution in [0.3, 0.4) is 0 Å². The van der Waals surface area contributed by atoms with Crippen LogP contribution < -0.4 is 10.5 Å². The summed E-state index contributed by atoms with van der Waals surface area (Å²) >= 11 is 1.76. The van der Waals surface area contributed by atoms with E-state index < -0.39 is 0 Å². The van der Waals surface area contributed by atoms with Crippen molar-refractivity contribution in [3.05, 3.63) is 38.2 Å². The van der Waals surface area contributed by atoms with Gasteiger partial charge in [0.25, 0.3) is 5.56 Å². The van der Waals surface area contributed by atoms with Crippen molar-refractivity contribution < 1.29 is 4.74 Å². The van der Waals surface area contributed by atoms with E-state index >= 15 is 0 Å². The third-order valence-corrected chi connectivity index (χ3v) is 6.55. The molecule has 1 saturated heterocycles. The van der Waals surface area contributed by atoms with Crippen LogP contribution in [0.5, 0.6) is 0 Å². The van der Waals surface area contributed by atoms with Crippen molar-refractivity contribution in [2.75, 3.05) is 24.6 Å². The van der Waals surface area contributed by atoms with Crippen LogP contribution >= 0.6 is 11.3 Å². The second-order valence-electron chi connectivity index (χ2n) is 7.28. The molecule has 0 N–H and O–H groups in total. The Hall–Kier alpha value is -1.73. The number of fused-ring (bicyclic) bond motifs is 2. The van der Waals surface area contributed by atoms with E-state index in [1.54, 1.807) is 16.0 Å². The highest BCUT2D eigenvalue weighted by atomic mass is 32.1. The first kappa shape index (κ1) is 15.5. The molecule has 0 amide bonds. The predicted molar refractivity (Wildman–Crippen MR) is 96.3 cm³/mol. The number of rotatable bonds is 3. The molecular formula is C18H22N4O2S. The fraction of sp³-hybridized carbons (Fsp3) is 0.611. The van der Waals surface area contributed by atoms with E-state index in [0.717, 1.165) is 56.3 Å². The van der Waals surface area contributed by atoms with Crippen LogP contribution in [0.1, 0.15) is 34.7 Å². The Morgan fingerprint density at radius 2 is 2.08 bits per heavy atom. The average molecular weight is 358 g/mol. The molecule has 0 saturated carbocycles. The molecule has 0 unspecified atom stereocenters. The largest absolute Gasteiger partial charge is 0.375 e. The average Bonchev–Trinajstić information content (AvgIpc) is 3.01. The maximum atomic E-state index is 12.3. The number of hydrogen-bond acceptors (Lipinski definition) is 6. The molecular weight excluding hydrogens is 336 g/mol. The summed E-state index contributed by atoms with van der Waals surface area (Å²) < 4.78 is 7.19. The van der Waals surface area contributed by atoms with Crippen LogP contribution in [0.25, 0.3) is 0 Å². The first-order chi connectivity index (χ1) is 12.3. The van der Waals surface area contributed by atoms with Gasteiger partial charge in [-0.2, -0.15) is 5.10 Å². The van der Waals surface area contributed by atoms with Gasteiger partial charge in [0, 0.05) is 31.5 Å². The second kappa shape index (κ2) is 6.21. The Balaban J connectivity index is 1.25. The maximum Gasteiger partial charge on any atom is 0.267 e. The number of hydrogen-bond donors (Lipinski definition) is 0. The lowest BCUT2D eigenvalue weighted by molar-refractivity contribution is 0.112. The number of anilines is 1. The summed E-state index contributed by atoms with van der Waals surface area (Å²) in [4.78, 5) is 20.7. The fourth-order valence-electron chi connectivity index (χ4n) is 3.96. The minimum Gasteiger partial charge on any atom is -0.375 e. The molecule has 0 atom stereocenters. The van der Waals surface area contributed by atoms with Gasteiger partial charge in [0.1, 0.15) is 0 Å². The minimum absolute atomic E-state index is 0.0564. The first-order valence-corrected chi connectivity index (χ1v) is 9.99. The highest BCUT2D eigenvalue weighted by Gasteiger charge is 2.31. The molecule has 0 bridgehead atoms. The summed E-state index contributed by atoms with van der Waals surface area (Å²) in [6.07, 6.45) is 5.32. The molecule has 1 fully saturated rings. The standard InChI is InChI=1S/C18H22N4O2S/c23-17-7-13-3-1-2-4-14(13)20-22(17)10-12-8-21(9-12)18-19-15-5-6-24-11-16(15)25-18/h7,12H,1-6,8-11H2. The van der Waals surface area contributed by atoms with E-state index in [9.17, 15) is 4.79 Å². The van der Waals surface area contributed by atoms with Crippen molar-refractivity contribution in [1.29, 1.82) is 0 Å². The zero-order valence-electron chi connectivity index (χ0n) is 14.2. The van der Waals surface area contributed by atoms with Crippen molar-refractivity contribution in [2.45, 2.75) is 45.3 Å². The normalized spacial score (nSPS) is 20.1. The maximum absolute atomic E-state index is 12.3. The predicted octanol–water partition coefficient (Wildman–Crippen LogP) is 1.79. The van der Waals surface area contributed by atoms with Gasteiger partial charge in [-0.25, -0.2) is 9.67 Å². The molecule has 6 nitrogen and oxygen atoms in total. The molecule has 25 heavy (non-hydrogen) atoms. The molecule has 7 heteroatoms. The van der Waals surface area contributed by atoms with Gasteiger partial charge in [-0.1, -0.05) is 11.3 Å². The molecule has 1 aliphatic carbocycles. The monoisotopic (exact) mass is 358 g/mol. The van der Waals surface area contributed by atoms with Crippen molar-refractivity contribution in [2.24, 2.45) is 5.92 Å². The van der Waals surface area contributed by atoms with Gasteiger partial charge in [0.15, 0.2) is 5.13 Å². The van der Waals surface area contributed by atoms with Gasteiger partial charge >= 0.3 is 0 Å². The molecule has 0 spiro atoms. The van der Waals surface area contributed by atoms with Gasteiger partial charge < -0.3 is 9.64 Å². The summed E-state index contributed by atoms with van der Waals surface area (Å²) in [6.45, 7) is 4.12. The second-order valence-corrected chi connectivity index (χ2v) is 8.35. The Morgan fingerprint density at radius 1 is 1.20 bits per heavy atom. The van der Waals surface area contributed by atoms with Crippen molar-refractivity contribution in [1.82, 2.24) is 14.8 Å². The minimum atomic E-state index is 0.0564. The van der Waals surface area contributed by atoms with Crippen LogP contribution in [-0.4, -0.2) is 34.5 Å². The van der Waals surface area contributed by atoms with E-state index in [1.165, 1.54) is 29.0 Å². The van der Waals surface area contributed by atoms with Crippen molar-refractivity contribution in [3.8, 4) is 0 Å². The number of thiazole rings is 1. The smallest absolute Gasteiger partial charge is 0.267 e. The molecule has 4 heterocycles. The van der Waals surface area contributed by atoms with Gasteiger partial charge in [0.2, 0.25) is 0 Å². The molecule has 5 rings (SSSR count). The molecule has 2 aromatic rings. The van der Waals surface area contributed by atoms with Gasteiger partial charge in [-0.15, -0.1) is 0 Å². The Bertz CT molecular complexity index is 830. The van der Waals surface area contributed by atoms with Gasteiger partial charge in [0.05, 0.1) is 36.0 Å². The fourth-order valence-corrected chi connectivity index (χ4v) is 5.03. The molecule has 0 radical (unpaired) electrons. The lowest BCUT2D eigenvalue weighted by Crippen LogP contribution is -2.49.